The van der Waals surface area contributed by atoms with Gasteiger partial charge in [-0.3, -0.25) is 0 Å². The van der Waals surface area contributed by atoms with Gasteiger partial charge in [0.15, 0.2) is 0 Å². The van der Waals surface area contributed by atoms with Crippen LogP contribution in [0.1, 0.15) is 24.5 Å². The fourth-order valence-electron chi connectivity index (χ4n) is 3.87. The lowest BCUT2D eigenvalue weighted by atomic mass is 9.89. The molecule has 1 atom stereocenters. The average Bonchev–Trinajstić information content (AvgIpc) is 2.96. The van der Waals surface area contributed by atoms with Crippen LogP contribution >= 0.6 is 0 Å². The van der Waals surface area contributed by atoms with Gasteiger partial charge in [0.25, 0.3) is 0 Å². The van der Waals surface area contributed by atoms with E-state index in [1.165, 1.54) is 5.56 Å². The lowest BCUT2D eigenvalue weighted by Gasteiger charge is -2.30. The van der Waals surface area contributed by atoms with E-state index in [0.29, 0.717) is 0 Å². The Hall–Kier alpha value is -2.33. The van der Waals surface area contributed by atoms with E-state index in [0.717, 1.165) is 43.7 Å². The predicted molar refractivity (Wildman–Crippen MR) is 108 cm³/mol. The average molecular weight is 351 g/mol. The third-order valence-electron chi connectivity index (χ3n) is 5.21. The number of para-hydroxylation sites is 1. The molecule has 1 fully saturated rings. The van der Waals surface area contributed by atoms with Crippen LogP contribution in [0.15, 0.2) is 54.6 Å². The van der Waals surface area contributed by atoms with Crippen LogP contribution in [0.4, 0.5) is 10.5 Å². The molecule has 26 heavy (non-hydrogen) atoms. The number of anilines is 1. The summed E-state index contributed by atoms with van der Waals surface area (Å²) in [5, 5.41) is 3.11. The quantitative estimate of drug-likeness (QED) is 0.881. The van der Waals surface area contributed by atoms with E-state index in [9.17, 15) is 4.79 Å². The van der Waals surface area contributed by atoms with Crippen LogP contribution in [0.2, 0.25) is 0 Å². The van der Waals surface area contributed by atoms with Gasteiger partial charge in [-0.1, -0.05) is 55.5 Å². The van der Waals surface area contributed by atoms with Crippen molar-refractivity contribution in [2.75, 3.05) is 39.0 Å². The fraction of sp³-hybridized carbons (Fsp3) is 0.409. The molecule has 1 aliphatic heterocycles. The van der Waals surface area contributed by atoms with Crippen molar-refractivity contribution in [3.05, 3.63) is 65.7 Å². The van der Waals surface area contributed by atoms with Crippen molar-refractivity contribution in [3.8, 4) is 0 Å². The number of carbonyl (C=O) groups is 1. The van der Waals surface area contributed by atoms with Crippen LogP contribution < -0.4 is 5.32 Å². The maximum Gasteiger partial charge on any atom is 0.321 e. The Morgan fingerprint density at radius 2 is 1.85 bits per heavy atom. The van der Waals surface area contributed by atoms with Crippen molar-refractivity contribution in [1.82, 2.24) is 9.80 Å². The van der Waals surface area contributed by atoms with Gasteiger partial charge >= 0.3 is 6.03 Å². The van der Waals surface area contributed by atoms with E-state index in [-0.39, 0.29) is 11.4 Å². The molecule has 0 aliphatic carbocycles. The molecule has 4 heteroatoms. The lowest BCUT2D eigenvalue weighted by molar-refractivity contribution is 0.188. The molecule has 3 rings (SSSR count). The van der Waals surface area contributed by atoms with Gasteiger partial charge in [-0.2, -0.15) is 0 Å². The van der Waals surface area contributed by atoms with Crippen molar-refractivity contribution >= 4 is 11.7 Å². The van der Waals surface area contributed by atoms with Crippen molar-refractivity contribution < 1.29 is 4.79 Å². The van der Waals surface area contributed by atoms with Gasteiger partial charge in [-0.05, 0) is 49.0 Å². The molecule has 1 saturated heterocycles. The summed E-state index contributed by atoms with van der Waals surface area (Å²) in [6.07, 6.45) is 1.94. The maximum absolute atomic E-state index is 12.7. The highest BCUT2D eigenvalue weighted by atomic mass is 16.2. The molecule has 138 valence electrons. The van der Waals surface area contributed by atoms with Crippen LogP contribution in [-0.4, -0.2) is 49.6 Å². The second-order valence-electron chi connectivity index (χ2n) is 7.90. The Bertz CT molecular complexity index is 746. The number of hydrogen-bond donors (Lipinski definition) is 1. The van der Waals surface area contributed by atoms with Crippen LogP contribution in [0, 0.1) is 5.41 Å². The van der Waals surface area contributed by atoms with Crippen molar-refractivity contribution in [2.24, 2.45) is 5.41 Å². The van der Waals surface area contributed by atoms with E-state index in [4.69, 9.17) is 0 Å². The number of benzene rings is 2. The topological polar surface area (TPSA) is 35.6 Å². The molecule has 1 unspecified atom stereocenters. The van der Waals surface area contributed by atoms with Crippen LogP contribution in [-0.2, 0) is 6.42 Å². The second kappa shape index (κ2) is 7.92. The van der Waals surface area contributed by atoms with E-state index in [1.807, 2.05) is 48.3 Å². The summed E-state index contributed by atoms with van der Waals surface area (Å²) in [4.78, 5) is 16.9. The van der Waals surface area contributed by atoms with E-state index in [2.05, 4.69) is 42.4 Å². The smallest absolute Gasteiger partial charge is 0.321 e. The molecule has 1 N–H and O–H groups in total. The summed E-state index contributed by atoms with van der Waals surface area (Å²) in [5.74, 6) is 0. The summed E-state index contributed by atoms with van der Waals surface area (Å²) in [6, 6.07) is 18.3. The molecule has 2 aromatic rings. The fourth-order valence-corrected chi connectivity index (χ4v) is 3.87. The van der Waals surface area contributed by atoms with Crippen molar-refractivity contribution in [3.63, 3.8) is 0 Å². The normalized spacial score (nSPS) is 20.1. The number of amides is 2. The highest BCUT2D eigenvalue weighted by Crippen LogP contribution is 2.30. The van der Waals surface area contributed by atoms with Crippen LogP contribution in [0.5, 0.6) is 0 Å². The van der Waals surface area contributed by atoms with Gasteiger partial charge in [-0.25, -0.2) is 4.79 Å². The number of nitrogens with zero attached hydrogens (tertiary/aromatic N) is 2. The van der Waals surface area contributed by atoms with Gasteiger partial charge in [-0.15, -0.1) is 0 Å². The zero-order valence-electron chi connectivity index (χ0n) is 16.0. The van der Waals surface area contributed by atoms with Gasteiger partial charge in [0, 0.05) is 25.8 Å². The lowest BCUT2D eigenvalue weighted by Crippen LogP contribution is -2.40. The first-order valence-electron chi connectivity index (χ1n) is 9.28. The van der Waals surface area contributed by atoms with E-state index >= 15 is 0 Å². The van der Waals surface area contributed by atoms with E-state index in [1.54, 1.807) is 0 Å². The van der Waals surface area contributed by atoms with Crippen molar-refractivity contribution in [2.45, 2.75) is 19.8 Å². The van der Waals surface area contributed by atoms with Crippen LogP contribution in [0.3, 0.4) is 0 Å². The first-order chi connectivity index (χ1) is 12.5. The van der Waals surface area contributed by atoms with Crippen molar-refractivity contribution in [1.29, 1.82) is 0 Å². The number of likely N-dealkylation sites (tertiary alicyclic amines) is 1. The van der Waals surface area contributed by atoms with Gasteiger partial charge in [0.1, 0.15) is 0 Å². The minimum atomic E-state index is -0.0405. The third-order valence-corrected chi connectivity index (χ3v) is 5.21. The minimum absolute atomic E-state index is 0.0405. The highest BCUT2D eigenvalue weighted by molar-refractivity contribution is 5.90. The summed E-state index contributed by atoms with van der Waals surface area (Å²) >= 11 is 0. The molecule has 1 aliphatic rings. The summed E-state index contributed by atoms with van der Waals surface area (Å²) in [5.41, 5.74) is 3.43. The number of carbonyl (C=O) groups excluding carboxylic acids is 1. The molecule has 0 spiro atoms. The summed E-state index contributed by atoms with van der Waals surface area (Å²) in [6.45, 7) is 5.18. The Morgan fingerprint density at radius 1 is 1.15 bits per heavy atom. The Morgan fingerprint density at radius 3 is 2.54 bits per heavy atom. The van der Waals surface area contributed by atoms with Gasteiger partial charge in [0.05, 0.1) is 0 Å². The molecular weight excluding hydrogens is 322 g/mol. The summed E-state index contributed by atoms with van der Waals surface area (Å²) in [7, 11) is 4.03. The molecule has 2 aromatic carbocycles. The monoisotopic (exact) mass is 351 g/mol. The molecular formula is C22H29N3O. The maximum atomic E-state index is 12.7. The van der Waals surface area contributed by atoms with Gasteiger partial charge in [0.2, 0.25) is 0 Å². The minimum Gasteiger partial charge on any atom is -0.327 e. The third kappa shape index (κ3) is 4.64. The zero-order chi connectivity index (χ0) is 18.6. The summed E-state index contributed by atoms with van der Waals surface area (Å²) < 4.78 is 0. The molecule has 1 heterocycles. The Balaban J connectivity index is 1.65. The first-order valence-corrected chi connectivity index (χ1v) is 9.28. The Kier molecular flexibility index (Phi) is 5.62. The van der Waals surface area contributed by atoms with Crippen LogP contribution in [0.25, 0.3) is 0 Å². The second-order valence-corrected chi connectivity index (χ2v) is 7.90. The Labute approximate surface area is 156 Å². The van der Waals surface area contributed by atoms with E-state index < -0.39 is 0 Å². The molecule has 0 radical (unpaired) electrons. The predicted octanol–water partition coefficient (Wildman–Crippen LogP) is 4.08. The highest BCUT2D eigenvalue weighted by Gasteiger charge is 2.34. The molecule has 0 saturated carbocycles. The number of nitrogens with one attached hydrogen (secondary N) is 1. The number of hydrogen-bond acceptors (Lipinski definition) is 2. The SMILES string of the molecule is CN1CCC(C)(CN(C)C(=O)Nc2ccccc2Cc2ccccc2)C1. The first kappa shape index (κ1) is 18.5. The number of urea groups is 1. The molecule has 0 aromatic heterocycles. The largest absolute Gasteiger partial charge is 0.327 e. The standard InChI is InChI=1S/C22H29N3O/c1-22(13-14-24(2)16-22)17-25(3)21(26)23-20-12-8-7-11-19(20)15-18-9-5-4-6-10-18/h4-12H,13-17H2,1-3H3,(H,23,26). The molecule has 4 nitrogen and oxygen atoms in total. The molecule has 0 bridgehead atoms. The zero-order valence-corrected chi connectivity index (χ0v) is 16.0. The van der Waals surface area contributed by atoms with Gasteiger partial charge < -0.3 is 15.1 Å². The molecule has 2 amide bonds. The number of rotatable bonds is 5.